The lowest BCUT2D eigenvalue weighted by molar-refractivity contribution is -0.130. The van der Waals surface area contributed by atoms with E-state index in [1.54, 1.807) is 17.6 Å². The number of halogens is 1. The van der Waals surface area contributed by atoms with Crippen LogP contribution in [-0.2, 0) is 11.3 Å². The van der Waals surface area contributed by atoms with Crippen LogP contribution in [0, 0.1) is 11.8 Å². The lowest BCUT2D eigenvalue weighted by Crippen LogP contribution is -2.41. The largest absolute Gasteiger partial charge is 0.336 e. The Morgan fingerprint density at radius 1 is 1.35 bits per heavy atom. The Bertz CT molecular complexity index is 509. The number of nitrogens with zero attached hydrogens (tertiary/aromatic N) is 4. The van der Waals surface area contributed by atoms with Crippen molar-refractivity contribution in [3.63, 3.8) is 0 Å². The van der Waals surface area contributed by atoms with Crippen LogP contribution < -0.4 is 5.32 Å². The van der Waals surface area contributed by atoms with Crippen molar-refractivity contribution in [2.24, 2.45) is 11.8 Å². The van der Waals surface area contributed by atoms with Crippen LogP contribution in [0.5, 0.6) is 0 Å². The average Bonchev–Trinajstić information content (AvgIpc) is 3.22. The number of carbonyl (C=O) groups excluding carboxylic acids is 1. The highest BCUT2D eigenvalue weighted by molar-refractivity contribution is 5.78. The number of amides is 1. The summed E-state index contributed by atoms with van der Waals surface area (Å²) in [6.07, 6.45) is 6.49. The third-order valence-electron chi connectivity index (χ3n) is 5.11. The monoisotopic (exact) mass is 323 g/mol. The predicted octanol–water partition coefficient (Wildman–Crippen LogP) is 1.24. The van der Waals surface area contributed by atoms with E-state index < -0.39 is 6.17 Å². The van der Waals surface area contributed by atoms with E-state index >= 15 is 0 Å². The van der Waals surface area contributed by atoms with Crippen molar-refractivity contribution in [3.05, 3.63) is 12.7 Å². The Morgan fingerprint density at radius 2 is 2.17 bits per heavy atom. The second-order valence-corrected chi connectivity index (χ2v) is 7.02. The fraction of sp³-hybridized carbons (Fsp3) is 0.812. The molecule has 1 aliphatic carbocycles. The highest BCUT2D eigenvalue weighted by Gasteiger charge is 2.32. The molecular weight excluding hydrogens is 297 g/mol. The first-order chi connectivity index (χ1) is 11.1. The number of likely N-dealkylation sites (tertiary alicyclic amines) is 1. The molecule has 0 spiro atoms. The number of alkyl halides is 1. The summed E-state index contributed by atoms with van der Waals surface area (Å²) in [6.45, 7) is 4.29. The van der Waals surface area contributed by atoms with Gasteiger partial charge in [0.1, 0.15) is 18.8 Å². The van der Waals surface area contributed by atoms with Gasteiger partial charge in [-0.15, -0.1) is 0 Å². The van der Waals surface area contributed by atoms with E-state index in [1.807, 2.05) is 11.6 Å². The molecule has 1 N–H and O–H groups in total. The molecule has 23 heavy (non-hydrogen) atoms. The van der Waals surface area contributed by atoms with Gasteiger partial charge < -0.3 is 10.2 Å². The number of nitrogens with one attached hydrogen (secondary N) is 1. The van der Waals surface area contributed by atoms with Gasteiger partial charge in [0.15, 0.2) is 0 Å². The Kier molecular flexibility index (Phi) is 5.25. The van der Waals surface area contributed by atoms with Crippen molar-refractivity contribution in [1.82, 2.24) is 25.0 Å². The summed E-state index contributed by atoms with van der Waals surface area (Å²) in [6, 6.07) is 0.0258. The van der Waals surface area contributed by atoms with Crippen molar-refractivity contribution in [2.45, 2.75) is 51.4 Å². The highest BCUT2D eigenvalue weighted by atomic mass is 19.1. The van der Waals surface area contributed by atoms with Gasteiger partial charge >= 0.3 is 0 Å². The maximum absolute atomic E-state index is 13.3. The molecular formula is C16H26FN5O. The zero-order chi connectivity index (χ0) is 16.2. The van der Waals surface area contributed by atoms with Gasteiger partial charge in [0.2, 0.25) is 5.91 Å². The van der Waals surface area contributed by atoms with E-state index in [1.165, 1.54) is 12.8 Å². The molecule has 0 aromatic carbocycles. The molecule has 2 fully saturated rings. The van der Waals surface area contributed by atoms with Crippen LogP contribution in [0.4, 0.5) is 4.39 Å². The summed E-state index contributed by atoms with van der Waals surface area (Å²) in [7, 11) is 0. The van der Waals surface area contributed by atoms with Crippen LogP contribution in [0.25, 0.3) is 0 Å². The third kappa shape index (κ3) is 4.28. The Balaban J connectivity index is 1.34. The van der Waals surface area contributed by atoms with Gasteiger partial charge in [-0.2, -0.15) is 5.10 Å². The second kappa shape index (κ2) is 7.38. The number of carbonyl (C=O) groups is 1. The van der Waals surface area contributed by atoms with E-state index in [0.717, 1.165) is 19.5 Å². The summed E-state index contributed by atoms with van der Waals surface area (Å²) in [5.41, 5.74) is 0. The van der Waals surface area contributed by atoms with Crippen LogP contribution >= 0.6 is 0 Å². The van der Waals surface area contributed by atoms with Crippen LogP contribution in [0.3, 0.4) is 0 Å². The zero-order valence-corrected chi connectivity index (χ0v) is 13.7. The first-order valence-electron chi connectivity index (χ1n) is 8.58. The number of hydrogen-bond acceptors (Lipinski definition) is 4. The summed E-state index contributed by atoms with van der Waals surface area (Å²) in [5.74, 6) is 1.28. The smallest absolute Gasteiger partial charge is 0.236 e. The zero-order valence-electron chi connectivity index (χ0n) is 13.7. The standard InChI is InChI=1S/C16H26FN5O/c1-12-4-15(17)9-22(12)16(23)7-18-6-13-2-3-14(5-13)8-21-11-19-10-20-21/h10-15,18H,2-9H2,1H3/t12-,13-,14+,15+/m1/s1. The van der Waals surface area contributed by atoms with E-state index in [9.17, 15) is 9.18 Å². The maximum Gasteiger partial charge on any atom is 0.236 e. The number of aromatic nitrogens is 3. The lowest BCUT2D eigenvalue weighted by Gasteiger charge is -2.21. The van der Waals surface area contributed by atoms with Gasteiger partial charge in [-0.05, 0) is 44.6 Å². The van der Waals surface area contributed by atoms with Crippen molar-refractivity contribution < 1.29 is 9.18 Å². The first-order valence-corrected chi connectivity index (χ1v) is 8.58. The predicted molar refractivity (Wildman–Crippen MR) is 84.4 cm³/mol. The minimum atomic E-state index is -0.860. The van der Waals surface area contributed by atoms with Crippen LogP contribution in [0.1, 0.15) is 32.6 Å². The Labute approximate surface area is 136 Å². The summed E-state index contributed by atoms with van der Waals surface area (Å²) in [4.78, 5) is 17.8. The fourth-order valence-corrected chi connectivity index (χ4v) is 3.92. The molecule has 0 unspecified atom stereocenters. The quantitative estimate of drug-likeness (QED) is 0.856. The summed E-state index contributed by atoms with van der Waals surface area (Å²) >= 11 is 0. The normalized spacial score (nSPS) is 31.0. The third-order valence-corrected chi connectivity index (χ3v) is 5.11. The number of hydrogen-bond donors (Lipinski definition) is 1. The highest BCUT2D eigenvalue weighted by Crippen LogP contribution is 2.31. The van der Waals surface area contributed by atoms with E-state index in [-0.39, 0.29) is 18.5 Å². The molecule has 1 aliphatic heterocycles. The topological polar surface area (TPSA) is 63.1 Å². The van der Waals surface area contributed by atoms with Crippen LogP contribution in [-0.4, -0.2) is 57.4 Å². The van der Waals surface area contributed by atoms with Gasteiger partial charge in [-0.25, -0.2) is 9.37 Å². The molecule has 0 radical (unpaired) electrons. The van der Waals surface area contributed by atoms with Crippen molar-refractivity contribution in [2.75, 3.05) is 19.6 Å². The lowest BCUT2D eigenvalue weighted by atomic mass is 10.1. The van der Waals surface area contributed by atoms with E-state index in [0.29, 0.717) is 24.8 Å². The van der Waals surface area contributed by atoms with Gasteiger partial charge in [-0.1, -0.05) is 0 Å². The van der Waals surface area contributed by atoms with Crippen molar-refractivity contribution >= 4 is 5.91 Å². The molecule has 7 heteroatoms. The molecule has 128 valence electrons. The van der Waals surface area contributed by atoms with Gasteiger partial charge in [-0.3, -0.25) is 9.48 Å². The van der Waals surface area contributed by atoms with Crippen LogP contribution in [0.2, 0.25) is 0 Å². The molecule has 1 saturated carbocycles. The fourth-order valence-electron chi connectivity index (χ4n) is 3.92. The molecule has 6 nitrogen and oxygen atoms in total. The van der Waals surface area contributed by atoms with Gasteiger partial charge in [0.25, 0.3) is 0 Å². The first kappa shape index (κ1) is 16.4. The van der Waals surface area contributed by atoms with E-state index in [2.05, 4.69) is 15.4 Å². The molecule has 1 aromatic rings. The number of rotatable bonds is 6. The van der Waals surface area contributed by atoms with Crippen molar-refractivity contribution in [1.29, 1.82) is 0 Å². The minimum absolute atomic E-state index is 0.0230. The molecule has 3 rings (SSSR count). The summed E-state index contributed by atoms with van der Waals surface area (Å²) in [5, 5.41) is 7.43. The second-order valence-electron chi connectivity index (χ2n) is 7.02. The maximum atomic E-state index is 13.3. The molecule has 1 amide bonds. The molecule has 1 saturated heterocycles. The Hall–Kier alpha value is -1.50. The average molecular weight is 323 g/mol. The molecule has 4 atom stereocenters. The molecule has 2 aliphatic rings. The molecule has 2 heterocycles. The SMILES string of the molecule is C[C@@H]1C[C@H](F)CN1C(=O)CNC[C@@H]1CC[C@H](Cn2cncn2)C1. The van der Waals surface area contributed by atoms with Gasteiger partial charge in [0.05, 0.1) is 13.1 Å². The van der Waals surface area contributed by atoms with Crippen LogP contribution in [0.15, 0.2) is 12.7 Å². The summed E-state index contributed by atoms with van der Waals surface area (Å²) < 4.78 is 15.2. The molecule has 1 aromatic heterocycles. The molecule has 0 bridgehead atoms. The van der Waals surface area contributed by atoms with Gasteiger partial charge in [0, 0.05) is 19.0 Å². The Morgan fingerprint density at radius 3 is 2.87 bits per heavy atom. The minimum Gasteiger partial charge on any atom is -0.336 e. The van der Waals surface area contributed by atoms with Crippen molar-refractivity contribution in [3.8, 4) is 0 Å². The van der Waals surface area contributed by atoms with E-state index in [4.69, 9.17) is 0 Å².